The van der Waals surface area contributed by atoms with E-state index in [1.165, 1.54) is 0 Å². The predicted molar refractivity (Wildman–Crippen MR) is 98.4 cm³/mol. The molecule has 0 saturated heterocycles. The van der Waals surface area contributed by atoms with Crippen LogP contribution in [0.3, 0.4) is 0 Å². The van der Waals surface area contributed by atoms with Crippen LogP contribution in [0.1, 0.15) is 31.7 Å². The van der Waals surface area contributed by atoms with Crippen LogP contribution >= 0.6 is 22.6 Å². The number of halogens is 1. The number of rotatable bonds is 6. The molecule has 1 N–H and O–H groups in total. The standard InChI is InChI=1S/C18H20INO2/c1-3-13(2)16-6-4-5-7-17(16)22-12-18(21)20-15-10-8-14(19)9-11-15/h4-11,13H,3,12H2,1-2H3,(H,20,21)/t13-/m0/s1. The van der Waals surface area contributed by atoms with Gasteiger partial charge in [-0.3, -0.25) is 4.79 Å². The Kier molecular flexibility index (Phi) is 6.24. The van der Waals surface area contributed by atoms with Gasteiger partial charge in [0.1, 0.15) is 5.75 Å². The summed E-state index contributed by atoms with van der Waals surface area (Å²) in [6.07, 6.45) is 1.04. The number of para-hydroxylation sites is 1. The minimum atomic E-state index is -0.153. The highest BCUT2D eigenvalue weighted by Crippen LogP contribution is 2.28. The highest BCUT2D eigenvalue weighted by Gasteiger charge is 2.11. The molecule has 0 aliphatic heterocycles. The molecule has 0 radical (unpaired) electrons. The minimum absolute atomic E-state index is 0.0133. The van der Waals surface area contributed by atoms with Gasteiger partial charge in [-0.2, -0.15) is 0 Å². The maximum atomic E-state index is 12.0. The molecule has 0 aromatic heterocycles. The molecule has 0 unspecified atom stereocenters. The van der Waals surface area contributed by atoms with Gasteiger partial charge in [-0.1, -0.05) is 32.0 Å². The number of hydrogen-bond acceptors (Lipinski definition) is 2. The van der Waals surface area contributed by atoms with Crippen LogP contribution in [0.4, 0.5) is 5.69 Å². The number of nitrogens with one attached hydrogen (secondary N) is 1. The first-order valence-electron chi connectivity index (χ1n) is 7.37. The lowest BCUT2D eigenvalue weighted by atomic mass is 9.98. The second-order valence-electron chi connectivity index (χ2n) is 5.19. The number of hydrogen-bond donors (Lipinski definition) is 1. The van der Waals surface area contributed by atoms with E-state index in [1.54, 1.807) is 0 Å². The van der Waals surface area contributed by atoms with Crippen molar-refractivity contribution in [1.82, 2.24) is 0 Å². The summed E-state index contributed by atoms with van der Waals surface area (Å²) in [7, 11) is 0. The molecule has 2 rings (SSSR count). The fraction of sp³-hybridized carbons (Fsp3) is 0.278. The largest absolute Gasteiger partial charge is 0.483 e. The Morgan fingerprint density at radius 1 is 1.18 bits per heavy atom. The third kappa shape index (κ3) is 4.73. The first kappa shape index (κ1) is 16.8. The first-order chi connectivity index (χ1) is 10.6. The fourth-order valence-corrected chi connectivity index (χ4v) is 2.47. The van der Waals surface area contributed by atoms with Crippen LogP contribution < -0.4 is 10.1 Å². The summed E-state index contributed by atoms with van der Waals surface area (Å²) < 4.78 is 6.84. The van der Waals surface area contributed by atoms with E-state index >= 15 is 0 Å². The van der Waals surface area contributed by atoms with Crippen LogP contribution in [-0.2, 0) is 4.79 Å². The molecule has 1 atom stereocenters. The fourth-order valence-electron chi connectivity index (χ4n) is 2.11. The Bertz CT molecular complexity index is 625. The van der Waals surface area contributed by atoms with E-state index in [-0.39, 0.29) is 12.5 Å². The van der Waals surface area contributed by atoms with Gasteiger partial charge in [-0.25, -0.2) is 0 Å². The molecule has 0 bridgehead atoms. The number of carbonyl (C=O) groups is 1. The lowest BCUT2D eigenvalue weighted by Gasteiger charge is -2.15. The van der Waals surface area contributed by atoms with Crippen molar-refractivity contribution in [3.63, 3.8) is 0 Å². The number of carbonyl (C=O) groups excluding carboxylic acids is 1. The van der Waals surface area contributed by atoms with Crippen molar-refractivity contribution in [2.75, 3.05) is 11.9 Å². The van der Waals surface area contributed by atoms with E-state index in [4.69, 9.17) is 4.74 Å². The summed E-state index contributed by atoms with van der Waals surface area (Å²) in [6.45, 7) is 4.32. The van der Waals surface area contributed by atoms with Gasteiger partial charge in [0, 0.05) is 9.26 Å². The molecule has 1 amide bonds. The second-order valence-corrected chi connectivity index (χ2v) is 6.44. The molecule has 0 aliphatic carbocycles. The van der Waals surface area contributed by atoms with Gasteiger partial charge in [0.2, 0.25) is 0 Å². The molecule has 3 nitrogen and oxygen atoms in total. The van der Waals surface area contributed by atoms with Crippen LogP contribution in [-0.4, -0.2) is 12.5 Å². The molecule has 0 heterocycles. The van der Waals surface area contributed by atoms with Crippen molar-refractivity contribution in [3.8, 4) is 5.75 Å². The number of amides is 1. The minimum Gasteiger partial charge on any atom is -0.483 e. The van der Waals surface area contributed by atoms with E-state index in [0.717, 1.165) is 27.0 Å². The van der Waals surface area contributed by atoms with Crippen LogP contribution in [0.15, 0.2) is 48.5 Å². The highest BCUT2D eigenvalue weighted by molar-refractivity contribution is 14.1. The molecule has 0 aliphatic rings. The van der Waals surface area contributed by atoms with Gasteiger partial charge < -0.3 is 10.1 Å². The SMILES string of the molecule is CC[C@H](C)c1ccccc1OCC(=O)Nc1ccc(I)cc1. The Morgan fingerprint density at radius 2 is 1.86 bits per heavy atom. The lowest BCUT2D eigenvalue weighted by Crippen LogP contribution is -2.20. The Morgan fingerprint density at radius 3 is 2.55 bits per heavy atom. The Balaban J connectivity index is 1.95. The van der Waals surface area contributed by atoms with E-state index in [9.17, 15) is 4.79 Å². The molecule has 0 spiro atoms. The van der Waals surface area contributed by atoms with Gasteiger partial charge in [0.15, 0.2) is 6.61 Å². The van der Waals surface area contributed by atoms with E-state index in [1.807, 2.05) is 42.5 Å². The summed E-state index contributed by atoms with van der Waals surface area (Å²) in [5, 5.41) is 2.83. The third-order valence-corrected chi connectivity index (χ3v) is 4.27. The van der Waals surface area contributed by atoms with E-state index in [2.05, 4.69) is 47.8 Å². The molecule has 2 aromatic rings. The average molecular weight is 409 g/mol. The summed E-state index contributed by atoms with van der Waals surface area (Å²) in [4.78, 5) is 12.0. The highest BCUT2D eigenvalue weighted by atomic mass is 127. The van der Waals surface area contributed by atoms with Crippen molar-refractivity contribution in [1.29, 1.82) is 0 Å². The zero-order valence-electron chi connectivity index (χ0n) is 12.8. The van der Waals surface area contributed by atoms with Crippen LogP contribution in [0.2, 0.25) is 0 Å². The van der Waals surface area contributed by atoms with Crippen LogP contribution in [0, 0.1) is 3.57 Å². The maximum Gasteiger partial charge on any atom is 0.262 e. The van der Waals surface area contributed by atoms with Gasteiger partial charge in [-0.05, 0) is 70.8 Å². The number of benzene rings is 2. The van der Waals surface area contributed by atoms with Crippen molar-refractivity contribution in [3.05, 3.63) is 57.7 Å². The molecule has 2 aromatic carbocycles. The molecule has 0 fully saturated rings. The zero-order chi connectivity index (χ0) is 15.9. The molecule has 0 saturated carbocycles. The summed E-state index contributed by atoms with van der Waals surface area (Å²) in [5.41, 5.74) is 1.93. The van der Waals surface area contributed by atoms with Crippen LogP contribution in [0.25, 0.3) is 0 Å². The normalized spacial score (nSPS) is 11.8. The third-order valence-electron chi connectivity index (χ3n) is 3.55. The first-order valence-corrected chi connectivity index (χ1v) is 8.45. The van der Waals surface area contributed by atoms with E-state index < -0.39 is 0 Å². The number of anilines is 1. The average Bonchev–Trinajstić information content (AvgIpc) is 2.54. The molecule has 116 valence electrons. The van der Waals surface area contributed by atoms with Crippen molar-refractivity contribution in [2.24, 2.45) is 0 Å². The summed E-state index contributed by atoms with van der Waals surface area (Å²) in [5.74, 6) is 1.05. The van der Waals surface area contributed by atoms with E-state index in [0.29, 0.717) is 5.92 Å². The predicted octanol–water partition coefficient (Wildman–Crippen LogP) is 4.82. The van der Waals surface area contributed by atoms with Crippen molar-refractivity contribution < 1.29 is 9.53 Å². The monoisotopic (exact) mass is 409 g/mol. The van der Waals surface area contributed by atoms with Gasteiger partial charge in [0.25, 0.3) is 5.91 Å². The van der Waals surface area contributed by atoms with Gasteiger partial charge in [-0.15, -0.1) is 0 Å². The van der Waals surface area contributed by atoms with Crippen molar-refractivity contribution in [2.45, 2.75) is 26.2 Å². The number of ether oxygens (including phenoxy) is 1. The lowest BCUT2D eigenvalue weighted by molar-refractivity contribution is -0.118. The van der Waals surface area contributed by atoms with Gasteiger partial charge in [0.05, 0.1) is 0 Å². The quantitative estimate of drug-likeness (QED) is 0.695. The van der Waals surface area contributed by atoms with Gasteiger partial charge >= 0.3 is 0 Å². The second kappa shape index (κ2) is 8.17. The van der Waals surface area contributed by atoms with Crippen molar-refractivity contribution >= 4 is 34.2 Å². The maximum absolute atomic E-state index is 12.0. The Labute approximate surface area is 145 Å². The molecular weight excluding hydrogens is 389 g/mol. The Hall–Kier alpha value is -1.56. The molecule has 4 heteroatoms. The van der Waals surface area contributed by atoms with Crippen LogP contribution in [0.5, 0.6) is 5.75 Å². The zero-order valence-corrected chi connectivity index (χ0v) is 15.0. The topological polar surface area (TPSA) is 38.3 Å². The smallest absolute Gasteiger partial charge is 0.262 e. The molecule has 22 heavy (non-hydrogen) atoms. The molecular formula is C18H20INO2. The summed E-state index contributed by atoms with van der Waals surface area (Å²) in [6, 6.07) is 15.6. The summed E-state index contributed by atoms with van der Waals surface area (Å²) >= 11 is 2.23.